The molecule has 3 aromatic rings. The molecule has 0 saturated heterocycles. The van der Waals surface area contributed by atoms with Gasteiger partial charge in [-0.1, -0.05) is 42.5 Å². The lowest BCUT2D eigenvalue weighted by Gasteiger charge is -2.31. The molecular weight excluding hydrogens is 328 g/mol. The summed E-state index contributed by atoms with van der Waals surface area (Å²) in [5.41, 5.74) is 7.22. The molecule has 0 unspecified atom stereocenters. The van der Waals surface area contributed by atoms with E-state index in [1.54, 1.807) is 0 Å². The molecule has 2 amide bonds. The summed E-state index contributed by atoms with van der Waals surface area (Å²) in [6, 6.07) is 15.8. The number of anilines is 1. The fraction of sp³-hybridized carbons (Fsp3) is 0.250. The number of H-pyrrole nitrogens is 1. The van der Waals surface area contributed by atoms with Crippen molar-refractivity contribution in [2.24, 2.45) is 11.7 Å². The second-order valence-electron chi connectivity index (χ2n) is 6.84. The fourth-order valence-electron chi connectivity index (χ4n) is 3.52. The number of benzene rings is 2. The van der Waals surface area contributed by atoms with Crippen molar-refractivity contribution in [2.45, 2.75) is 25.2 Å². The van der Waals surface area contributed by atoms with Crippen molar-refractivity contribution in [2.75, 3.05) is 5.32 Å². The van der Waals surface area contributed by atoms with E-state index in [0.29, 0.717) is 5.82 Å². The van der Waals surface area contributed by atoms with Gasteiger partial charge in [-0.15, -0.1) is 0 Å². The number of hydrogen-bond donors (Lipinski definition) is 3. The number of nitrogens with two attached hydrogens (primary N) is 1. The van der Waals surface area contributed by atoms with Gasteiger partial charge in [0.05, 0.1) is 6.42 Å². The lowest BCUT2D eigenvalue weighted by atomic mass is 9.73. The highest BCUT2D eigenvalue weighted by Gasteiger charge is 2.35. The number of rotatable bonds is 5. The Balaban J connectivity index is 1.40. The van der Waals surface area contributed by atoms with Gasteiger partial charge < -0.3 is 11.1 Å². The van der Waals surface area contributed by atoms with Crippen LogP contribution in [0.15, 0.2) is 48.5 Å². The zero-order valence-corrected chi connectivity index (χ0v) is 14.2. The van der Waals surface area contributed by atoms with Crippen LogP contribution in [0.1, 0.15) is 30.0 Å². The summed E-state index contributed by atoms with van der Waals surface area (Å²) in [6.45, 7) is 0. The fourth-order valence-corrected chi connectivity index (χ4v) is 3.52. The summed E-state index contributed by atoms with van der Waals surface area (Å²) in [4.78, 5) is 23.5. The summed E-state index contributed by atoms with van der Waals surface area (Å²) in [5, 5.41) is 12.2. The summed E-state index contributed by atoms with van der Waals surface area (Å²) in [7, 11) is 0. The van der Waals surface area contributed by atoms with Crippen LogP contribution in [0.4, 0.5) is 5.82 Å². The Morgan fingerprint density at radius 3 is 2.73 bits per heavy atom. The highest BCUT2D eigenvalue weighted by molar-refractivity contribution is 5.95. The Bertz CT molecular complexity index is 967. The van der Waals surface area contributed by atoms with Crippen LogP contribution in [0.3, 0.4) is 0 Å². The average Bonchev–Trinajstić information content (AvgIpc) is 3.01. The summed E-state index contributed by atoms with van der Waals surface area (Å²) < 4.78 is 0. The first-order valence-corrected chi connectivity index (χ1v) is 8.71. The Morgan fingerprint density at radius 1 is 1.15 bits per heavy atom. The minimum absolute atomic E-state index is 0.0484. The smallest absolute Gasteiger partial charge is 0.230 e. The molecule has 0 atom stereocenters. The zero-order chi connectivity index (χ0) is 18.1. The maximum absolute atomic E-state index is 12.4. The average molecular weight is 348 g/mol. The number of aromatic amines is 1. The van der Waals surface area contributed by atoms with Crippen LogP contribution in [-0.4, -0.2) is 22.0 Å². The van der Waals surface area contributed by atoms with Crippen LogP contribution in [-0.2, 0) is 16.0 Å². The number of nitrogens with zero attached hydrogens (tertiary/aromatic N) is 1. The summed E-state index contributed by atoms with van der Waals surface area (Å²) >= 11 is 0. The third-order valence-corrected chi connectivity index (χ3v) is 5.08. The molecule has 0 aliphatic heterocycles. The molecule has 1 aliphatic carbocycles. The van der Waals surface area contributed by atoms with Gasteiger partial charge in [-0.05, 0) is 29.2 Å². The van der Waals surface area contributed by atoms with E-state index >= 15 is 0 Å². The first kappa shape index (κ1) is 16.3. The molecule has 1 heterocycles. The zero-order valence-electron chi connectivity index (χ0n) is 14.2. The maximum Gasteiger partial charge on any atom is 0.230 e. The first-order chi connectivity index (χ1) is 12.6. The largest absolute Gasteiger partial charge is 0.369 e. The van der Waals surface area contributed by atoms with Gasteiger partial charge in [0.25, 0.3) is 0 Å². The van der Waals surface area contributed by atoms with E-state index in [0.717, 1.165) is 34.9 Å². The minimum Gasteiger partial charge on any atom is -0.369 e. The van der Waals surface area contributed by atoms with Crippen molar-refractivity contribution >= 4 is 28.4 Å². The Morgan fingerprint density at radius 2 is 1.92 bits per heavy atom. The first-order valence-electron chi connectivity index (χ1n) is 8.71. The molecule has 1 aromatic heterocycles. The number of fused-ring (bicyclic) bond motifs is 1. The molecule has 26 heavy (non-hydrogen) atoms. The van der Waals surface area contributed by atoms with E-state index in [9.17, 15) is 9.59 Å². The highest BCUT2D eigenvalue weighted by Crippen LogP contribution is 2.41. The topological polar surface area (TPSA) is 101 Å². The number of nitrogens with one attached hydrogen (secondary N) is 2. The predicted octanol–water partition coefficient (Wildman–Crippen LogP) is 2.72. The SMILES string of the molecule is NC(=O)C1CC(c2cc(NC(=O)Cc3cccc4ccccc34)n[nH]2)C1. The van der Waals surface area contributed by atoms with Crippen LogP contribution < -0.4 is 11.1 Å². The van der Waals surface area contributed by atoms with E-state index in [-0.39, 0.29) is 30.1 Å². The third-order valence-electron chi connectivity index (χ3n) is 5.08. The molecule has 132 valence electrons. The van der Waals surface area contributed by atoms with Crippen molar-refractivity contribution in [3.8, 4) is 0 Å². The van der Waals surface area contributed by atoms with Gasteiger partial charge in [0.1, 0.15) is 0 Å². The lowest BCUT2D eigenvalue weighted by molar-refractivity contribution is -0.124. The van der Waals surface area contributed by atoms with Crippen molar-refractivity contribution < 1.29 is 9.59 Å². The summed E-state index contributed by atoms with van der Waals surface area (Å²) in [5.74, 6) is 0.358. The Hall–Kier alpha value is -3.15. The maximum atomic E-state index is 12.4. The third kappa shape index (κ3) is 3.18. The van der Waals surface area contributed by atoms with Crippen LogP contribution in [0.5, 0.6) is 0 Å². The minimum atomic E-state index is -0.246. The van der Waals surface area contributed by atoms with Crippen LogP contribution in [0.25, 0.3) is 10.8 Å². The second kappa shape index (κ2) is 6.63. The van der Waals surface area contributed by atoms with Crippen molar-refractivity contribution in [1.29, 1.82) is 0 Å². The summed E-state index contributed by atoms with van der Waals surface area (Å²) in [6.07, 6.45) is 1.76. The predicted molar refractivity (Wildman–Crippen MR) is 99.5 cm³/mol. The molecule has 4 N–H and O–H groups in total. The number of carbonyl (C=O) groups is 2. The molecule has 1 saturated carbocycles. The van der Waals surface area contributed by atoms with Crippen LogP contribution in [0, 0.1) is 5.92 Å². The quantitative estimate of drug-likeness (QED) is 0.661. The standard InChI is InChI=1S/C20H20N4O2/c21-20(26)15-8-14(9-15)17-11-18(24-23-17)22-19(25)10-13-6-3-5-12-4-1-2-7-16(12)13/h1-7,11,14-15H,8-10H2,(H2,21,26)(H2,22,23,24,25). The molecule has 0 radical (unpaired) electrons. The number of hydrogen-bond acceptors (Lipinski definition) is 3. The van der Waals surface area contributed by atoms with E-state index in [2.05, 4.69) is 15.5 Å². The molecule has 4 rings (SSSR count). The Labute approximate surface area is 150 Å². The van der Waals surface area contributed by atoms with E-state index in [4.69, 9.17) is 5.73 Å². The van der Waals surface area contributed by atoms with Crippen LogP contribution in [0.2, 0.25) is 0 Å². The number of carbonyl (C=O) groups excluding carboxylic acids is 2. The monoisotopic (exact) mass is 348 g/mol. The molecular formula is C20H20N4O2. The van der Waals surface area contributed by atoms with Gasteiger partial charge in [0.2, 0.25) is 11.8 Å². The molecule has 0 bridgehead atoms. The van der Waals surface area contributed by atoms with Gasteiger partial charge in [0, 0.05) is 23.6 Å². The number of aromatic nitrogens is 2. The number of primary amides is 1. The highest BCUT2D eigenvalue weighted by atomic mass is 16.2. The van der Waals surface area contributed by atoms with E-state index < -0.39 is 0 Å². The van der Waals surface area contributed by atoms with Gasteiger partial charge >= 0.3 is 0 Å². The molecule has 0 spiro atoms. The molecule has 2 aromatic carbocycles. The van der Waals surface area contributed by atoms with Gasteiger partial charge in [-0.2, -0.15) is 5.10 Å². The second-order valence-corrected chi connectivity index (χ2v) is 6.84. The molecule has 6 nitrogen and oxygen atoms in total. The Kier molecular flexibility index (Phi) is 4.16. The lowest BCUT2D eigenvalue weighted by Crippen LogP contribution is -2.33. The van der Waals surface area contributed by atoms with Crippen molar-refractivity contribution in [3.63, 3.8) is 0 Å². The van der Waals surface area contributed by atoms with Gasteiger partial charge in [-0.25, -0.2) is 0 Å². The number of amides is 2. The van der Waals surface area contributed by atoms with Gasteiger partial charge in [0.15, 0.2) is 5.82 Å². The van der Waals surface area contributed by atoms with Crippen LogP contribution >= 0.6 is 0 Å². The normalized spacial score (nSPS) is 19.1. The van der Waals surface area contributed by atoms with Gasteiger partial charge in [-0.3, -0.25) is 14.7 Å². The molecule has 6 heteroatoms. The van der Waals surface area contributed by atoms with E-state index in [1.807, 2.05) is 48.5 Å². The molecule has 1 aliphatic rings. The molecule has 1 fully saturated rings. The van der Waals surface area contributed by atoms with Crippen molar-refractivity contribution in [1.82, 2.24) is 10.2 Å². The van der Waals surface area contributed by atoms with Crippen molar-refractivity contribution in [3.05, 3.63) is 59.8 Å². The van der Waals surface area contributed by atoms with E-state index in [1.165, 1.54) is 0 Å².